The third-order valence-corrected chi connectivity index (χ3v) is 1.80. The van der Waals surface area contributed by atoms with Crippen molar-refractivity contribution in [2.24, 2.45) is 0 Å². The Morgan fingerprint density at radius 2 is 2.12 bits per heavy atom. The van der Waals surface area contributed by atoms with Crippen LogP contribution in [0.4, 0.5) is 17.5 Å². The summed E-state index contributed by atoms with van der Waals surface area (Å²) in [6.45, 7) is 1.79. The van der Waals surface area contributed by atoms with Gasteiger partial charge in [-0.1, -0.05) is 0 Å². The molecule has 0 spiro atoms. The molecule has 0 aliphatic rings. The molecule has 0 fully saturated rings. The smallest absolute Gasteiger partial charge is 0.333 e. The second-order valence-electron chi connectivity index (χ2n) is 3.00. The number of hydrogen-bond donors (Lipinski definition) is 2. The molecule has 0 bridgehead atoms. The first kappa shape index (κ1) is 12.6. The van der Waals surface area contributed by atoms with Crippen molar-refractivity contribution in [3.63, 3.8) is 0 Å². The minimum Gasteiger partial charge on any atom is -0.466 e. The summed E-state index contributed by atoms with van der Waals surface area (Å²) in [6, 6.07) is 0. The van der Waals surface area contributed by atoms with Crippen molar-refractivity contribution in [1.29, 1.82) is 0 Å². The van der Waals surface area contributed by atoms with E-state index in [9.17, 15) is 14.9 Å². The minimum absolute atomic E-state index is 0.154. The van der Waals surface area contributed by atoms with E-state index in [1.165, 1.54) is 0 Å². The van der Waals surface area contributed by atoms with Gasteiger partial charge in [0, 0.05) is 0 Å². The van der Waals surface area contributed by atoms with Crippen molar-refractivity contribution >= 4 is 23.4 Å². The topological polar surface area (TPSA) is 147 Å². The van der Waals surface area contributed by atoms with Crippen molar-refractivity contribution in [3.05, 3.63) is 15.8 Å². The third kappa shape index (κ3) is 3.00. The first-order chi connectivity index (χ1) is 7.95. The molecule has 1 rings (SSSR count). The molecule has 0 aliphatic heterocycles. The lowest BCUT2D eigenvalue weighted by atomic mass is 10.2. The molecule has 9 heteroatoms. The Morgan fingerprint density at radius 3 is 2.65 bits per heavy atom. The number of carbonyl (C=O) groups is 1. The van der Waals surface area contributed by atoms with Crippen LogP contribution in [0.25, 0.3) is 0 Å². The highest BCUT2D eigenvalue weighted by Crippen LogP contribution is 2.24. The van der Waals surface area contributed by atoms with Crippen LogP contribution in [0.3, 0.4) is 0 Å². The van der Waals surface area contributed by atoms with Gasteiger partial charge in [0.1, 0.15) is 5.69 Å². The lowest BCUT2D eigenvalue weighted by molar-refractivity contribution is -0.385. The fourth-order valence-corrected chi connectivity index (χ4v) is 1.21. The van der Waals surface area contributed by atoms with E-state index >= 15 is 0 Å². The highest BCUT2D eigenvalue weighted by atomic mass is 16.6. The number of nitrogen functional groups attached to an aromatic ring is 2. The van der Waals surface area contributed by atoms with E-state index in [-0.39, 0.29) is 30.5 Å². The molecule has 0 atom stereocenters. The molecule has 0 saturated carbocycles. The van der Waals surface area contributed by atoms with E-state index in [0.29, 0.717) is 0 Å². The number of nitrogens with zero attached hydrogens (tertiary/aromatic N) is 3. The van der Waals surface area contributed by atoms with E-state index in [4.69, 9.17) is 11.5 Å². The van der Waals surface area contributed by atoms with Gasteiger partial charge in [-0.05, 0) is 6.92 Å². The van der Waals surface area contributed by atoms with Gasteiger partial charge in [0.15, 0.2) is 0 Å². The van der Waals surface area contributed by atoms with Gasteiger partial charge in [-0.25, -0.2) is 4.98 Å². The van der Waals surface area contributed by atoms with Crippen LogP contribution in [0.1, 0.15) is 12.6 Å². The number of rotatable bonds is 4. The predicted molar refractivity (Wildman–Crippen MR) is 57.8 cm³/mol. The number of aromatic nitrogens is 2. The maximum Gasteiger partial charge on any atom is 0.333 e. The maximum absolute atomic E-state index is 11.2. The summed E-state index contributed by atoms with van der Waals surface area (Å²) in [4.78, 5) is 28.3. The lowest BCUT2D eigenvalue weighted by Crippen LogP contribution is -2.14. The molecular formula is C8H11N5O4. The van der Waals surface area contributed by atoms with Gasteiger partial charge >= 0.3 is 11.7 Å². The molecule has 1 aromatic rings. The second-order valence-corrected chi connectivity index (χ2v) is 3.00. The summed E-state index contributed by atoms with van der Waals surface area (Å²) < 4.78 is 4.66. The highest BCUT2D eigenvalue weighted by molar-refractivity contribution is 5.75. The zero-order valence-corrected chi connectivity index (χ0v) is 9.04. The lowest BCUT2D eigenvalue weighted by Gasteiger charge is -2.04. The Morgan fingerprint density at radius 1 is 1.47 bits per heavy atom. The van der Waals surface area contributed by atoms with E-state index in [2.05, 4.69) is 14.7 Å². The summed E-state index contributed by atoms with van der Waals surface area (Å²) in [6.07, 6.45) is -0.374. The van der Waals surface area contributed by atoms with Crippen LogP contribution in [0.2, 0.25) is 0 Å². The monoisotopic (exact) mass is 241 g/mol. The van der Waals surface area contributed by atoms with Crippen molar-refractivity contribution in [2.75, 3.05) is 18.1 Å². The third-order valence-electron chi connectivity index (χ3n) is 1.80. The quantitative estimate of drug-likeness (QED) is 0.413. The Bertz CT molecular complexity index is 461. The number of ether oxygens (including phenoxy) is 1. The van der Waals surface area contributed by atoms with E-state index in [1.807, 2.05) is 0 Å². The molecule has 0 aromatic carbocycles. The average molecular weight is 241 g/mol. The van der Waals surface area contributed by atoms with Gasteiger partial charge in [0.25, 0.3) is 0 Å². The van der Waals surface area contributed by atoms with Crippen LogP contribution in [0.15, 0.2) is 0 Å². The molecule has 9 nitrogen and oxygen atoms in total. The number of hydrogen-bond acceptors (Lipinski definition) is 8. The zero-order chi connectivity index (χ0) is 13.0. The molecule has 1 heterocycles. The molecular weight excluding hydrogens is 230 g/mol. The van der Waals surface area contributed by atoms with Gasteiger partial charge in [0.2, 0.25) is 11.8 Å². The molecule has 17 heavy (non-hydrogen) atoms. The fourth-order valence-electron chi connectivity index (χ4n) is 1.21. The standard InChI is InChI=1S/C8H11N5O4/c1-2-17-5(14)3-4-6(13(15)16)7(9)12-8(10)11-4/h2-3H2,1H3,(H4,9,10,11,12). The SMILES string of the molecule is CCOC(=O)Cc1nc(N)nc(N)c1[N+](=O)[O-]. The number of nitro groups is 1. The first-order valence-electron chi connectivity index (χ1n) is 4.67. The summed E-state index contributed by atoms with van der Waals surface area (Å²) in [5.74, 6) is -1.25. The van der Waals surface area contributed by atoms with Gasteiger partial charge in [-0.15, -0.1) is 0 Å². The molecule has 0 amide bonds. The van der Waals surface area contributed by atoms with Gasteiger partial charge < -0.3 is 16.2 Å². The van der Waals surface area contributed by atoms with Crippen LogP contribution in [0, 0.1) is 10.1 Å². The predicted octanol–water partition coefficient (Wildman–Crippen LogP) is -0.345. The van der Waals surface area contributed by atoms with E-state index < -0.39 is 16.6 Å². The molecule has 0 radical (unpaired) electrons. The highest BCUT2D eigenvalue weighted by Gasteiger charge is 2.24. The average Bonchev–Trinajstić information content (AvgIpc) is 2.15. The number of carbonyl (C=O) groups excluding carboxylic acids is 1. The van der Waals surface area contributed by atoms with Crippen molar-refractivity contribution in [1.82, 2.24) is 9.97 Å². The Labute approximate surface area is 95.9 Å². The van der Waals surface area contributed by atoms with Gasteiger partial charge in [-0.3, -0.25) is 14.9 Å². The largest absolute Gasteiger partial charge is 0.466 e. The number of nitrogens with two attached hydrogens (primary N) is 2. The molecule has 0 unspecified atom stereocenters. The molecule has 92 valence electrons. The molecule has 0 aliphatic carbocycles. The fraction of sp³-hybridized carbons (Fsp3) is 0.375. The minimum atomic E-state index is -0.761. The van der Waals surface area contributed by atoms with Crippen LogP contribution in [-0.4, -0.2) is 27.5 Å². The van der Waals surface area contributed by atoms with E-state index in [0.717, 1.165) is 0 Å². The van der Waals surface area contributed by atoms with E-state index in [1.54, 1.807) is 6.92 Å². The summed E-state index contributed by atoms with van der Waals surface area (Å²) >= 11 is 0. The Kier molecular flexibility index (Phi) is 3.75. The normalized spacial score (nSPS) is 9.94. The summed E-state index contributed by atoms with van der Waals surface area (Å²) in [5.41, 5.74) is 9.97. The Balaban J connectivity index is 3.12. The van der Waals surface area contributed by atoms with Crippen LogP contribution in [-0.2, 0) is 16.0 Å². The molecule has 4 N–H and O–H groups in total. The molecule has 0 saturated heterocycles. The Hall–Kier alpha value is -2.45. The van der Waals surface area contributed by atoms with Crippen molar-refractivity contribution in [2.45, 2.75) is 13.3 Å². The van der Waals surface area contributed by atoms with Gasteiger partial charge in [-0.2, -0.15) is 4.98 Å². The van der Waals surface area contributed by atoms with Crippen LogP contribution in [0.5, 0.6) is 0 Å². The zero-order valence-electron chi connectivity index (χ0n) is 9.04. The number of esters is 1. The van der Waals surface area contributed by atoms with Crippen molar-refractivity contribution < 1.29 is 14.5 Å². The maximum atomic E-state index is 11.2. The summed E-state index contributed by atoms with van der Waals surface area (Å²) in [7, 11) is 0. The first-order valence-corrected chi connectivity index (χ1v) is 4.67. The van der Waals surface area contributed by atoms with Crippen molar-refractivity contribution in [3.8, 4) is 0 Å². The van der Waals surface area contributed by atoms with Crippen LogP contribution >= 0.6 is 0 Å². The second kappa shape index (κ2) is 5.05. The molecule has 1 aromatic heterocycles. The van der Waals surface area contributed by atoms with Gasteiger partial charge in [0.05, 0.1) is 18.0 Å². The number of anilines is 2. The van der Waals surface area contributed by atoms with Crippen LogP contribution < -0.4 is 11.5 Å². The summed E-state index contributed by atoms with van der Waals surface area (Å²) in [5, 5.41) is 10.7.